The number of halogens is 3. The van der Waals surface area contributed by atoms with Crippen molar-refractivity contribution in [1.82, 2.24) is 4.90 Å². The number of para-hydroxylation sites is 1. The van der Waals surface area contributed by atoms with Crippen molar-refractivity contribution in [1.29, 1.82) is 0 Å². The predicted molar refractivity (Wildman–Crippen MR) is 141 cm³/mol. The van der Waals surface area contributed by atoms with E-state index >= 15 is 0 Å². The van der Waals surface area contributed by atoms with Crippen LogP contribution in [0.25, 0.3) is 27.6 Å². The van der Waals surface area contributed by atoms with Gasteiger partial charge in [0.05, 0.1) is 16.2 Å². The number of benzene rings is 4. The van der Waals surface area contributed by atoms with E-state index in [0.29, 0.717) is 4.91 Å². The number of hydrogen-bond acceptors (Lipinski definition) is 4. The molecule has 180 valence electrons. The molecule has 4 nitrogen and oxygen atoms in total. The first-order valence-corrected chi connectivity index (χ1v) is 12.1. The number of amides is 2. The number of carbonyl (C=O) groups excluding carboxylic acids is 2. The average Bonchev–Trinajstić information content (AvgIpc) is 3.11. The molecule has 1 aliphatic rings. The van der Waals surface area contributed by atoms with E-state index in [2.05, 4.69) is 11.4 Å². The van der Waals surface area contributed by atoms with Crippen molar-refractivity contribution in [2.75, 3.05) is 11.9 Å². The van der Waals surface area contributed by atoms with Crippen LogP contribution < -0.4 is 5.32 Å². The minimum absolute atomic E-state index is 0.162. The van der Waals surface area contributed by atoms with Gasteiger partial charge in [-0.15, -0.1) is 0 Å². The van der Waals surface area contributed by atoms with Crippen LogP contribution in [-0.2, 0) is 15.8 Å². The fraction of sp³-hybridized carbons (Fsp3) is 0.0741. The van der Waals surface area contributed by atoms with Gasteiger partial charge in [0.15, 0.2) is 0 Å². The highest BCUT2D eigenvalue weighted by molar-refractivity contribution is 8.26. The fourth-order valence-corrected chi connectivity index (χ4v) is 5.38. The first-order chi connectivity index (χ1) is 17.2. The summed E-state index contributed by atoms with van der Waals surface area (Å²) in [6.45, 7) is -0.496. The molecule has 4 aromatic rings. The lowest BCUT2D eigenvalue weighted by molar-refractivity contribution is -0.137. The molecular weight excluding hydrogens is 505 g/mol. The lowest BCUT2D eigenvalue weighted by atomic mass is 9.96. The summed E-state index contributed by atoms with van der Waals surface area (Å²) in [7, 11) is 0. The van der Waals surface area contributed by atoms with Crippen molar-refractivity contribution in [2.45, 2.75) is 6.18 Å². The maximum absolute atomic E-state index is 13.3. The molecule has 1 aliphatic heterocycles. The van der Waals surface area contributed by atoms with Crippen molar-refractivity contribution in [3.63, 3.8) is 0 Å². The summed E-state index contributed by atoms with van der Waals surface area (Å²) >= 11 is 6.40. The second kappa shape index (κ2) is 9.40. The fourth-order valence-electron chi connectivity index (χ4n) is 4.14. The van der Waals surface area contributed by atoms with Crippen LogP contribution in [0.3, 0.4) is 0 Å². The summed E-state index contributed by atoms with van der Waals surface area (Å²) in [5.74, 6) is -1.25. The second-order valence-electron chi connectivity index (χ2n) is 8.09. The lowest BCUT2D eigenvalue weighted by Crippen LogP contribution is -2.36. The Morgan fingerprint density at radius 3 is 2.17 bits per heavy atom. The first-order valence-electron chi connectivity index (χ1n) is 10.8. The summed E-state index contributed by atoms with van der Waals surface area (Å²) in [5.41, 5.74) is -0.488. The third-order valence-electron chi connectivity index (χ3n) is 5.77. The summed E-state index contributed by atoms with van der Waals surface area (Å²) in [6.07, 6.45) is -2.86. The molecule has 0 aliphatic carbocycles. The van der Waals surface area contributed by atoms with Crippen molar-refractivity contribution in [2.24, 2.45) is 0 Å². The smallest absolute Gasteiger partial charge is 0.324 e. The van der Waals surface area contributed by atoms with Crippen LogP contribution in [0, 0.1) is 0 Å². The van der Waals surface area contributed by atoms with E-state index in [-0.39, 0.29) is 10.0 Å². The van der Waals surface area contributed by atoms with Gasteiger partial charge >= 0.3 is 6.18 Å². The maximum atomic E-state index is 13.3. The zero-order valence-corrected chi connectivity index (χ0v) is 20.1. The predicted octanol–water partition coefficient (Wildman–Crippen LogP) is 6.85. The number of anilines is 1. The molecular formula is C27H17F3N2O2S2. The van der Waals surface area contributed by atoms with Crippen molar-refractivity contribution >= 4 is 73.4 Å². The molecule has 5 rings (SSSR count). The van der Waals surface area contributed by atoms with Crippen LogP contribution in [0.1, 0.15) is 11.1 Å². The van der Waals surface area contributed by atoms with Gasteiger partial charge < -0.3 is 5.32 Å². The number of thioether (sulfide) groups is 1. The Morgan fingerprint density at radius 2 is 1.53 bits per heavy atom. The summed E-state index contributed by atoms with van der Waals surface area (Å²) in [5, 5.41) is 6.21. The zero-order valence-electron chi connectivity index (χ0n) is 18.5. The van der Waals surface area contributed by atoms with Gasteiger partial charge in [-0.2, -0.15) is 13.2 Å². The number of alkyl halides is 3. The Balaban J connectivity index is 1.44. The van der Waals surface area contributed by atoms with Crippen LogP contribution in [0.2, 0.25) is 0 Å². The van der Waals surface area contributed by atoms with Crippen LogP contribution in [0.15, 0.2) is 83.8 Å². The monoisotopic (exact) mass is 522 g/mol. The molecule has 4 aromatic carbocycles. The molecule has 1 saturated heterocycles. The molecule has 1 fully saturated rings. The minimum atomic E-state index is -4.63. The highest BCUT2D eigenvalue weighted by atomic mass is 32.2. The zero-order chi connectivity index (χ0) is 25.4. The van der Waals surface area contributed by atoms with Gasteiger partial charge in [-0.05, 0) is 51.4 Å². The Bertz CT molecular complexity index is 1530. The van der Waals surface area contributed by atoms with Gasteiger partial charge in [-0.25, -0.2) is 0 Å². The van der Waals surface area contributed by atoms with E-state index in [9.17, 15) is 22.8 Å². The van der Waals surface area contributed by atoms with E-state index in [1.165, 1.54) is 12.1 Å². The summed E-state index contributed by atoms with van der Waals surface area (Å²) < 4.78 is 39.9. The number of thiocarbonyl (C=S) groups is 1. The lowest BCUT2D eigenvalue weighted by Gasteiger charge is -2.16. The molecule has 0 spiro atoms. The quantitative estimate of drug-likeness (QED) is 0.181. The summed E-state index contributed by atoms with van der Waals surface area (Å²) in [4.78, 5) is 27.2. The Kier molecular flexibility index (Phi) is 6.27. The molecule has 0 saturated carbocycles. The van der Waals surface area contributed by atoms with E-state index in [4.69, 9.17) is 12.2 Å². The van der Waals surface area contributed by atoms with E-state index in [1.807, 2.05) is 48.5 Å². The molecule has 1 heterocycles. The number of fused-ring (bicyclic) bond motifs is 2. The maximum Gasteiger partial charge on any atom is 0.418 e. The highest BCUT2D eigenvalue weighted by Crippen LogP contribution is 2.37. The topological polar surface area (TPSA) is 49.4 Å². The largest absolute Gasteiger partial charge is 0.418 e. The van der Waals surface area contributed by atoms with E-state index in [0.717, 1.165) is 55.9 Å². The molecule has 1 N–H and O–H groups in total. The van der Waals surface area contributed by atoms with Gasteiger partial charge in [0.1, 0.15) is 10.9 Å². The van der Waals surface area contributed by atoms with Gasteiger partial charge in [0, 0.05) is 0 Å². The van der Waals surface area contributed by atoms with Gasteiger partial charge in [-0.3, -0.25) is 14.5 Å². The number of nitrogens with one attached hydrogen (secondary N) is 1. The number of carbonyl (C=O) groups is 2. The Hall–Kier alpha value is -3.69. The molecule has 0 atom stereocenters. The Labute approximate surface area is 213 Å². The number of nitrogens with zero attached hydrogens (tertiary/aromatic N) is 1. The molecule has 2 amide bonds. The third kappa shape index (κ3) is 4.59. The first kappa shape index (κ1) is 24.0. The number of rotatable bonds is 4. The van der Waals surface area contributed by atoms with Crippen LogP contribution in [0.5, 0.6) is 0 Å². The standard InChI is InChI=1S/C27H17F3N2O2S2/c28-27(29,30)21-11-5-6-12-22(21)31-24(33)15-32-25(34)23(36-26(32)35)14-20-18-9-3-1-7-16(18)13-17-8-2-4-10-19(17)20/h1-14H,15H2,(H,31,33)/b23-14-. The van der Waals surface area contributed by atoms with Gasteiger partial charge in [-0.1, -0.05) is 84.6 Å². The minimum Gasteiger partial charge on any atom is -0.324 e. The molecule has 0 unspecified atom stereocenters. The van der Waals surface area contributed by atoms with Crippen molar-refractivity contribution in [3.05, 3.63) is 94.9 Å². The SMILES string of the molecule is O=C(CN1C(=O)/C(=C/c2c3ccccc3cc3ccccc23)SC1=S)Nc1ccccc1C(F)(F)F. The highest BCUT2D eigenvalue weighted by Gasteiger charge is 2.36. The van der Waals surface area contributed by atoms with E-state index < -0.39 is 30.1 Å². The molecule has 0 bridgehead atoms. The number of hydrogen-bond donors (Lipinski definition) is 1. The Morgan fingerprint density at radius 1 is 0.944 bits per heavy atom. The van der Waals surface area contributed by atoms with Crippen LogP contribution in [0.4, 0.5) is 18.9 Å². The normalized spacial score (nSPS) is 15.3. The van der Waals surface area contributed by atoms with E-state index in [1.54, 1.807) is 6.08 Å². The second-order valence-corrected chi connectivity index (χ2v) is 9.77. The van der Waals surface area contributed by atoms with Crippen molar-refractivity contribution in [3.8, 4) is 0 Å². The molecule has 0 radical (unpaired) electrons. The van der Waals surface area contributed by atoms with Crippen LogP contribution in [-0.4, -0.2) is 27.6 Å². The molecule has 0 aromatic heterocycles. The molecule has 36 heavy (non-hydrogen) atoms. The van der Waals surface area contributed by atoms with Gasteiger partial charge in [0.25, 0.3) is 5.91 Å². The van der Waals surface area contributed by atoms with Crippen LogP contribution >= 0.6 is 24.0 Å². The average molecular weight is 523 g/mol. The van der Waals surface area contributed by atoms with Gasteiger partial charge in [0.2, 0.25) is 5.91 Å². The third-order valence-corrected chi connectivity index (χ3v) is 7.15. The summed E-state index contributed by atoms with van der Waals surface area (Å²) in [6, 6.07) is 22.4. The van der Waals surface area contributed by atoms with Crippen molar-refractivity contribution < 1.29 is 22.8 Å². The molecule has 9 heteroatoms.